The summed E-state index contributed by atoms with van der Waals surface area (Å²) in [7, 11) is 0. The average molecular weight is 357 g/mol. The predicted octanol–water partition coefficient (Wildman–Crippen LogP) is 2.79. The number of para-hydroxylation sites is 1. The molecule has 2 N–H and O–H groups in total. The molecule has 7 nitrogen and oxygen atoms in total. The first-order valence-electron chi connectivity index (χ1n) is 8.26. The molecule has 1 aliphatic rings. The Kier molecular flexibility index (Phi) is 4.32. The normalized spacial score (nSPS) is 13.9. The summed E-state index contributed by atoms with van der Waals surface area (Å²) in [5, 5.41) is 6.08. The van der Waals surface area contributed by atoms with Crippen LogP contribution in [-0.4, -0.2) is 21.8 Å². The lowest BCUT2D eigenvalue weighted by atomic mass is 10.3. The van der Waals surface area contributed by atoms with Gasteiger partial charge in [-0.05, 0) is 36.4 Å². The van der Waals surface area contributed by atoms with Gasteiger partial charge in [0.2, 0.25) is 0 Å². The number of hydrogen-bond donors (Lipinski definition) is 2. The van der Waals surface area contributed by atoms with Crippen LogP contribution in [-0.2, 0) is 9.59 Å². The maximum atomic E-state index is 13.0. The zero-order chi connectivity index (χ0) is 18.6. The van der Waals surface area contributed by atoms with Crippen molar-refractivity contribution in [1.29, 1.82) is 0 Å². The number of aromatic nitrogens is 2. The number of nitrogens with one attached hydrogen (secondary N) is 2. The highest BCUT2D eigenvalue weighted by Crippen LogP contribution is 2.28. The number of nitrogens with zero attached hydrogens (tertiary/aromatic N) is 3. The molecule has 4 rings (SSSR count). The third kappa shape index (κ3) is 3.25. The minimum Gasteiger partial charge on any atom is -0.349 e. The molecular formula is C20H15N5O2. The van der Waals surface area contributed by atoms with Crippen molar-refractivity contribution < 1.29 is 9.59 Å². The molecule has 27 heavy (non-hydrogen) atoms. The van der Waals surface area contributed by atoms with Gasteiger partial charge in [-0.25, -0.2) is 4.90 Å². The van der Waals surface area contributed by atoms with Gasteiger partial charge in [-0.2, -0.15) is 0 Å². The van der Waals surface area contributed by atoms with Crippen molar-refractivity contribution in [3.63, 3.8) is 0 Å². The van der Waals surface area contributed by atoms with Gasteiger partial charge in [0.05, 0.1) is 5.69 Å². The second kappa shape index (κ2) is 7.09. The van der Waals surface area contributed by atoms with Crippen LogP contribution in [0.25, 0.3) is 0 Å². The lowest BCUT2D eigenvalue weighted by molar-refractivity contribution is -0.120. The smallest absolute Gasteiger partial charge is 0.284 e. The molecule has 2 aromatic heterocycles. The van der Waals surface area contributed by atoms with E-state index in [4.69, 9.17) is 0 Å². The summed E-state index contributed by atoms with van der Waals surface area (Å²) < 4.78 is 0. The third-order valence-electron chi connectivity index (χ3n) is 4.00. The topological polar surface area (TPSA) is 87.2 Å². The van der Waals surface area contributed by atoms with Gasteiger partial charge < -0.3 is 10.6 Å². The van der Waals surface area contributed by atoms with Crippen LogP contribution in [0.15, 0.2) is 90.8 Å². The standard InChI is InChI=1S/C20H15N5O2/c26-19-17(23-14-6-10-21-11-7-14)18(24-15-8-12-22-13-9-15)20(27)25(19)16-4-2-1-3-5-16/h1-13H,(H,21,23)(H,22,24). The molecule has 0 radical (unpaired) electrons. The van der Waals surface area contributed by atoms with Crippen LogP contribution in [0.2, 0.25) is 0 Å². The molecule has 0 saturated heterocycles. The zero-order valence-electron chi connectivity index (χ0n) is 14.2. The van der Waals surface area contributed by atoms with Crippen LogP contribution in [0.4, 0.5) is 17.1 Å². The van der Waals surface area contributed by atoms with Crippen LogP contribution in [0, 0.1) is 0 Å². The van der Waals surface area contributed by atoms with Gasteiger partial charge in [-0.1, -0.05) is 18.2 Å². The Hall–Kier alpha value is -4.00. The van der Waals surface area contributed by atoms with E-state index in [0.29, 0.717) is 17.1 Å². The number of carbonyl (C=O) groups is 2. The molecule has 0 bridgehead atoms. The minimum atomic E-state index is -0.431. The summed E-state index contributed by atoms with van der Waals surface area (Å²) in [5.74, 6) is -0.862. The molecule has 132 valence electrons. The van der Waals surface area contributed by atoms with Gasteiger partial charge >= 0.3 is 0 Å². The highest BCUT2D eigenvalue weighted by Gasteiger charge is 2.39. The van der Waals surface area contributed by atoms with Gasteiger partial charge in [0.1, 0.15) is 11.4 Å². The maximum absolute atomic E-state index is 13.0. The number of hydrogen-bond acceptors (Lipinski definition) is 6. The first kappa shape index (κ1) is 16.5. The third-order valence-corrected chi connectivity index (χ3v) is 4.00. The summed E-state index contributed by atoms with van der Waals surface area (Å²) in [4.78, 5) is 35.1. The lowest BCUT2D eigenvalue weighted by Gasteiger charge is -2.15. The summed E-state index contributed by atoms with van der Waals surface area (Å²) in [6.07, 6.45) is 6.42. The molecule has 1 aromatic carbocycles. The summed E-state index contributed by atoms with van der Waals surface area (Å²) >= 11 is 0. The molecule has 0 atom stereocenters. The number of pyridine rings is 2. The summed E-state index contributed by atoms with van der Waals surface area (Å²) in [6, 6.07) is 15.7. The quantitative estimate of drug-likeness (QED) is 0.683. The Morgan fingerprint density at radius 2 is 1.07 bits per heavy atom. The van der Waals surface area contributed by atoms with Gasteiger partial charge in [0, 0.05) is 36.2 Å². The molecule has 3 aromatic rings. The van der Waals surface area contributed by atoms with E-state index in [9.17, 15) is 9.59 Å². The Bertz CT molecular complexity index is 941. The highest BCUT2D eigenvalue weighted by atomic mass is 16.2. The van der Waals surface area contributed by atoms with Gasteiger partial charge in [0.25, 0.3) is 11.8 Å². The van der Waals surface area contributed by atoms with E-state index in [1.807, 2.05) is 6.07 Å². The molecule has 1 aliphatic heterocycles. The molecule has 0 aliphatic carbocycles. The fourth-order valence-corrected chi connectivity index (χ4v) is 2.73. The van der Waals surface area contributed by atoms with E-state index >= 15 is 0 Å². The van der Waals surface area contributed by atoms with Crippen LogP contribution < -0.4 is 15.5 Å². The molecule has 3 heterocycles. The fourth-order valence-electron chi connectivity index (χ4n) is 2.73. The van der Waals surface area contributed by atoms with Crippen molar-refractivity contribution in [3.8, 4) is 0 Å². The summed E-state index contributed by atoms with van der Waals surface area (Å²) in [6.45, 7) is 0. The van der Waals surface area contributed by atoms with Gasteiger partial charge in [-0.3, -0.25) is 19.6 Å². The predicted molar refractivity (Wildman–Crippen MR) is 102 cm³/mol. The van der Waals surface area contributed by atoms with E-state index in [0.717, 1.165) is 4.90 Å². The van der Waals surface area contributed by atoms with E-state index in [1.165, 1.54) is 0 Å². The lowest BCUT2D eigenvalue weighted by Crippen LogP contribution is -2.33. The number of rotatable bonds is 5. The maximum Gasteiger partial charge on any atom is 0.284 e. The number of imide groups is 1. The Labute approximate surface area is 155 Å². The molecule has 0 saturated carbocycles. The molecule has 0 fully saturated rings. The van der Waals surface area contributed by atoms with Crippen LogP contribution in [0.5, 0.6) is 0 Å². The molecular weight excluding hydrogens is 342 g/mol. The summed E-state index contributed by atoms with van der Waals surface area (Å²) in [5.41, 5.74) is 2.17. The van der Waals surface area contributed by atoms with Gasteiger partial charge in [-0.15, -0.1) is 0 Å². The second-order valence-electron chi connectivity index (χ2n) is 5.75. The van der Waals surface area contributed by atoms with Crippen molar-refractivity contribution >= 4 is 28.9 Å². The van der Waals surface area contributed by atoms with Crippen LogP contribution >= 0.6 is 0 Å². The highest BCUT2D eigenvalue weighted by molar-refractivity contribution is 6.34. The molecule has 7 heteroatoms. The van der Waals surface area contributed by atoms with E-state index in [2.05, 4.69) is 20.6 Å². The van der Waals surface area contributed by atoms with Gasteiger partial charge in [0.15, 0.2) is 0 Å². The number of amides is 2. The van der Waals surface area contributed by atoms with E-state index in [-0.39, 0.29) is 11.4 Å². The van der Waals surface area contributed by atoms with Crippen molar-refractivity contribution in [1.82, 2.24) is 9.97 Å². The Morgan fingerprint density at radius 3 is 1.52 bits per heavy atom. The first-order valence-corrected chi connectivity index (χ1v) is 8.26. The number of anilines is 3. The molecule has 2 amide bonds. The van der Waals surface area contributed by atoms with Crippen LogP contribution in [0.3, 0.4) is 0 Å². The SMILES string of the molecule is O=C1C(Nc2ccncc2)=C(Nc2ccncc2)C(=O)N1c1ccccc1. The minimum absolute atomic E-state index is 0.173. The van der Waals surface area contributed by atoms with Crippen molar-refractivity contribution in [3.05, 3.63) is 90.8 Å². The molecule has 0 unspecified atom stereocenters. The monoisotopic (exact) mass is 357 g/mol. The average Bonchev–Trinajstić information content (AvgIpc) is 2.94. The Balaban J connectivity index is 1.74. The van der Waals surface area contributed by atoms with E-state index < -0.39 is 11.8 Å². The first-order chi connectivity index (χ1) is 13.2. The van der Waals surface area contributed by atoms with Crippen molar-refractivity contribution in [2.75, 3.05) is 15.5 Å². The van der Waals surface area contributed by atoms with Crippen LogP contribution in [0.1, 0.15) is 0 Å². The van der Waals surface area contributed by atoms with Crippen molar-refractivity contribution in [2.24, 2.45) is 0 Å². The van der Waals surface area contributed by atoms with E-state index in [1.54, 1.807) is 73.3 Å². The second-order valence-corrected chi connectivity index (χ2v) is 5.75. The zero-order valence-corrected chi connectivity index (χ0v) is 14.2. The Morgan fingerprint density at radius 1 is 0.630 bits per heavy atom. The van der Waals surface area contributed by atoms with Crippen molar-refractivity contribution in [2.45, 2.75) is 0 Å². The number of carbonyl (C=O) groups excluding carboxylic acids is 2. The largest absolute Gasteiger partial charge is 0.349 e. The fraction of sp³-hybridized carbons (Fsp3) is 0. The molecule has 0 spiro atoms. The number of benzene rings is 1.